The van der Waals surface area contributed by atoms with Gasteiger partial charge in [0.2, 0.25) is 0 Å². The minimum absolute atomic E-state index is 0.0381. The van der Waals surface area contributed by atoms with Gasteiger partial charge in [-0.25, -0.2) is 0 Å². The van der Waals surface area contributed by atoms with Crippen molar-refractivity contribution in [3.8, 4) is 5.75 Å². The number of benzene rings is 1. The number of amides is 1. The normalized spacial score (nSPS) is 9.47. The summed E-state index contributed by atoms with van der Waals surface area (Å²) >= 11 is 5.43. The second-order valence-electron chi connectivity index (χ2n) is 2.82. The van der Waals surface area contributed by atoms with E-state index in [2.05, 4.69) is 11.9 Å². The van der Waals surface area contributed by atoms with Crippen LogP contribution in [-0.2, 0) is 4.79 Å². The van der Waals surface area contributed by atoms with Crippen molar-refractivity contribution in [1.29, 1.82) is 0 Å². The molecule has 0 saturated heterocycles. The number of carbonyl (C=O) groups is 1. The Morgan fingerprint density at radius 1 is 1.47 bits per heavy atom. The van der Waals surface area contributed by atoms with Crippen LogP contribution in [0.25, 0.3) is 0 Å². The number of anilines is 1. The molecule has 0 unspecified atom stereocenters. The molecule has 80 valence electrons. The summed E-state index contributed by atoms with van der Waals surface area (Å²) in [5.74, 6) is 0.362. The standard InChI is InChI=1S/C11H12ClNO2/c1-3-15-10-6-4-9(5-7-10)13-11(14)8(2)12/h4-7H,2-3H2,1H3,(H,13,14). The zero-order valence-electron chi connectivity index (χ0n) is 8.42. The summed E-state index contributed by atoms with van der Waals surface area (Å²) in [4.78, 5) is 11.1. The topological polar surface area (TPSA) is 38.3 Å². The fourth-order valence-corrected chi connectivity index (χ4v) is 1.05. The molecule has 15 heavy (non-hydrogen) atoms. The summed E-state index contributed by atoms with van der Waals surface area (Å²) in [5, 5.41) is 2.55. The second kappa shape index (κ2) is 5.41. The quantitative estimate of drug-likeness (QED) is 0.801. The highest BCUT2D eigenvalue weighted by molar-refractivity contribution is 6.43. The van der Waals surface area contributed by atoms with Gasteiger partial charge in [-0.1, -0.05) is 18.2 Å². The molecule has 3 nitrogen and oxygen atoms in total. The zero-order chi connectivity index (χ0) is 11.3. The summed E-state index contributed by atoms with van der Waals surface area (Å²) in [7, 11) is 0. The smallest absolute Gasteiger partial charge is 0.266 e. The molecule has 4 heteroatoms. The van der Waals surface area contributed by atoms with Gasteiger partial charge in [0.1, 0.15) is 5.75 Å². The van der Waals surface area contributed by atoms with Gasteiger partial charge < -0.3 is 10.1 Å². The number of ether oxygens (including phenoxy) is 1. The van der Waals surface area contributed by atoms with Crippen LogP contribution in [0.15, 0.2) is 35.9 Å². The fourth-order valence-electron chi connectivity index (χ4n) is 1.00. The van der Waals surface area contributed by atoms with Gasteiger partial charge in [-0.2, -0.15) is 0 Å². The SMILES string of the molecule is C=C(Cl)C(=O)Nc1ccc(OCC)cc1. The van der Waals surface area contributed by atoms with Crippen molar-refractivity contribution in [2.24, 2.45) is 0 Å². The van der Waals surface area contributed by atoms with Crippen LogP contribution in [0.1, 0.15) is 6.92 Å². The van der Waals surface area contributed by atoms with Crippen molar-refractivity contribution in [2.75, 3.05) is 11.9 Å². The fraction of sp³-hybridized carbons (Fsp3) is 0.182. The maximum absolute atomic E-state index is 11.1. The second-order valence-corrected chi connectivity index (χ2v) is 3.27. The molecule has 0 atom stereocenters. The number of hydrogen-bond donors (Lipinski definition) is 1. The lowest BCUT2D eigenvalue weighted by molar-refractivity contribution is -0.112. The molecule has 0 fully saturated rings. The first-order valence-electron chi connectivity index (χ1n) is 4.52. The molecule has 0 aliphatic carbocycles. The molecule has 0 spiro atoms. The Bertz CT molecular complexity index is 359. The third-order valence-corrected chi connectivity index (χ3v) is 1.84. The summed E-state index contributed by atoms with van der Waals surface area (Å²) in [6.07, 6.45) is 0. The van der Waals surface area contributed by atoms with Crippen molar-refractivity contribution < 1.29 is 9.53 Å². The molecule has 1 aromatic carbocycles. The highest BCUT2D eigenvalue weighted by Crippen LogP contribution is 2.16. The van der Waals surface area contributed by atoms with Crippen molar-refractivity contribution in [1.82, 2.24) is 0 Å². The molecular weight excluding hydrogens is 214 g/mol. The van der Waals surface area contributed by atoms with Crippen LogP contribution in [-0.4, -0.2) is 12.5 Å². The molecule has 0 saturated carbocycles. The van der Waals surface area contributed by atoms with Crippen LogP contribution in [0.4, 0.5) is 5.69 Å². The van der Waals surface area contributed by atoms with Gasteiger partial charge in [0, 0.05) is 5.69 Å². The van der Waals surface area contributed by atoms with E-state index >= 15 is 0 Å². The summed E-state index contributed by atoms with van der Waals surface area (Å²) in [6, 6.07) is 7.03. The lowest BCUT2D eigenvalue weighted by Gasteiger charge is -2.05. The predicted molar refractivity (Wildman–Crippen MR) is 61.2 cm³/mol. The van der Waals surface area contributed by atoms with E-state index in [4.69, 9.17) is 16.3 Å². The molecule has 1 N–H and O–H groups in total. The lowest BCUT2D eigenvalue weighted by Crippen LogP contribution is -2.10. The van der Waals surface area contributed by atoms with Gasteiger partial charge in [-0.15, -0.1) is 0 Å². The number of hydrogen-bond acceptors (Lipinski definition) is 2. The van der Waals surface area contributed by atoms with E-state index in [1.807, 2.05) is 6.92 Å². The molecule has 0 bridgehead atoms. The Balaban J connectivity index is 2.64. The van der Waals surface area contributed by atoms with Crippen LogP contribution >= 0.6 is 11.6 Å². The number of rotatable bonds is 4. The van der Waals surface area contributed by atoms with Crippen LogP contribution in [0.3, 0.4) is 0 Å². The largest absolute Gasteiger partial charge is 0.494 e. The first kappa shape index (κ1) is 11.6. The zero-order valence-corrected chi connectivity index (χ0v) is 9.17. The van der Waals surface area contributed by atoms with Crippen molar-refractivity contribution in [3.05, 3.63) is 35.9 Å². The monoisotopic (exact) mass is 225 g/mol. The summed E-state index contributed by atoms with van der Waals surface area (Å²) < 4.78 is 5.26. The van der Waals surface area contributed by atoms with Gasteiger partial charge in [0.15, 0.2) is 0 Å². The van der Waals surface area contributed by atoms with E-state index in [1.165, 1.54) is 0 Å². The highest BCUT2D eigenvalue weighted by atomic mass is 35.5. The molecule has 1 rings (SSSR count). The minimum Gasteiger partial charge on any atom is -0.494 e. The van der Waals surface area contributed by atoms with E-state index in [-0.39, 0.29) is 5.03 Å². The Kier molecular flexibility index (Phi) is 4.18. The Morgan fingerprint density at radius 2 is 2.07 bits per heavy atom. The average Bonchev–Trinajstić information content (AvgIpc) is 2.21. The Morgan fingerprint density at radius 3 is 2.53 bits per heavy atom. The molecule has 0 aliphatic rings. The van der Waals surface area contributed by atoms with E-state index in [0.717, 1.165) is 5.75 Å². The van der Waals surface area contributed by atoms with Gasteiger partial charge in [0.25, 0.3) is 5.91 Å². The van der Waals surface area contributed by atoms with Crippen LogP contribution < -0.4 is 10.1 Å². The van der Waals surface area contributed by atoms with E-state index < -0.39 is 5.91 Å². The predicted octanol–water partition coefficient (Wildman–Crippen LogP) is 2.78. The Labute approximate surface area is 93.7 Å². The molecule has 0 aliphatic heterocycles. The summed E-state index contributed by atoms with van der Waals surface area (Å²) in [6.45, 7) is 5.85. The minimum atomic E-state index is -0.402. The van der Waals surface area contributed by atoms with E-state index in [1.54, 1.807) is 24.3 Å². The maximum atomic E-state index is 11.1. The Hall–Kier alpha value is -1.48. The molecule has 0 heterocycles. The molecule has 0 radical (unpaired) electrons. The van der Waals surface area contributed by atoms with Gasteiger partial charge in [0.05, 0.1) is 11.6 Å². The van der Waals surface area contributed by atoms with Crippen LogP contribution in [0.5, 0.6) is 5.75 Å². The van der Waals surface area contributed by atoms with Crippen molar-refractivity contribution in [3.63, 3.8) is 0 Å². The van der Waals surface area contributed by atoms with Crippen LogP contribution in [0, 0.1) is 0 Å². The molecular formula is C11H12ClNO2. The highest BCUT2D eigenvalue weighted by Gasteiger charge is 2.03. The van der Waals surface area contributed by atoms with Gasteiger partial charge in [-0.3, -0.25) is 4.79 Å². The molecule has 0 aromatic heterocycles. The number of nitrogens with one attached hydrogen (secondary N) is 1. The van der Waals surface area contributed by atoms with Crippen LogP contribution in [0.2, 0.25) is 0 Å². The van der Waals surface area contributed by atoms with Gasteiger partial charge >= 0.3 is 0 Å². The van der Waals surface area contributed by atoms with Crippen molar-refractivity contribution in [2.45, 2.75) is 6.92 Å². The molecule has 1 aromatic rings. The molecule has 1 amide bonds. The van der Waals surface area contributed by atoms with E-state index in [0.29, 0.717) is 12.3 Å². The third kappa shape index (κ3) is 3.64. The van der Waals surface area contributed by atoms with Crippen molar-refractivity contribution >= 4 is 23.2 Å². The number of halogens is 1. The first-order valence-corrected chi connectivity index (χ1v) is 4.90. The third-order valence-electron chi connectivity index (χ3n) is 1.67. The first-order chi connectivity index (χ1) is 7.13. The number of carbonyl (C=O) groups excluding carboxylic acids is 1. The maximum Gasteiger partial charge on any atom is 0.266 e. The van der Waals surface area contributed by atoms with E-state index in [9.17, 15) is 4.79 Å². The summed E-state index contributed by atoms with van der Waals surface area (Å²) in [5.41, 5.74) is 0.658. The average molecular weight is 226 g/mol. The van der Waals surface area contributed by atoms with Gasteiger partial charge in [-0.05, 0) is 31.2 Å². The lowest BCUT2D eigenvalue weighted by atomic mass is 10.3.